The summed E-state index contributed by atoms with van der Waals surface area (Å²) in [6.45, 7) is 3.13. The van der Waals surface area contributed by atoms with Crippen molar-refractivity contribution in [2.75, 3.05) is 40.0 Å². The van der Waals surface area contributed by atoms with Gasteiger partial charge in [-0.2, -0.15) is 0 Å². The van der Waals surface area contributed by atoms with Crippen molar-refractivity contribution in [3.8, 4) is 0 Å². The number of nitrogens with zero attached hydrogens (tertiary/aromatic N) is 1. The van der Waals surface area contributed by atoms with E-state index in [1.54, 1.807) is 18.2 Å². The van der Waals surface area contributed by atoms with Gasteiger partial charge < -0.3 is 24.8 Å². The van der Waals surface area contributed by atoms with E-state index < -0.39 is 17.8 Å². The standard InChI is InChI=1S/C20H24ClN3O5/c1-27-18(25)16-15(12-24-8-6-20(7-9-24)28-10-11-29-20)22-19(26)23-17(16)13-4-2-3-5-14(13)21/h2-5,17H,6-12H2,1H3,(H2,22,23,26)/t17-/m0/s1. The molecule has 2 fully saturated rings. The number of amides is 2. The molecule has 1 spiro atoms. The van der Waals surface area contributed by atoms with Crippen LogP contribution in [0.15, 0.2) is 35.5 Å². The summed E-state index contributed by atoms with van der Waals surface area (Å²) >= 11 is 6.34. The molecule has 2 N–H and O–H groups in total. The van der Waals surface area contributed by atoms with E-state index in [2.05, 4.69) is 15.5 Å². The summed E-state index contributed by atoms with van der Waals surface area (Å²) in [4.78, 5) is 27.2. The van der Waals surface area contributed by atoms with Gasteiger partial charge in [0, 0.05) is 43.2 Å². The molecule has 0 unspecified atom stereocenters. The van der Waals surface area contributed by atoms with Crippen LogP contribution in [0, 0.1) is 0 Å². The van der Waals surface area contributed by atoms with Crippen LogP contribution < -0.4 is 10.6 Å². The van der Waals surface area contributed by atoms with E-state index in [-0.39, 0.29) is 6.03 Å². The van der Waals surface area contributed by atoms with Gasteiger partial charge in [0.15, 0.2) is 5.79 Å². The molecular formula is C20H24ClN3O5. The van der Waals surface area contributed by atoms with E-state index in [1.807, 2.05) is 6.07 Å². The van der Waals surface area contributed by atoms with Gasteiger partial charge in [0.2, 0.25) is 0 Å². The number of carbonyl (C=O) groups excluding carboxylic acids is 2. The first-order valence-corrected chi connectivity index (χ1v) is 10.0. The second-order valence-electron chi connectivity index (χ2n) is 7.32. The number of rotatable bonds is 4. The van der Waals surface area contributed by atoms with Crippen molar-refractivity contribution in [2.24, 2.45) is 0 Å². The van der Waals surface area contributed by atoms with Crippen molar-refractivity contribution in [1.29, 1.82) is 0 Å². The summed E-state index contributed by atoms with van der Waals surface area (Å²) in [7, 11) is 1.33. The first-order valence-electron chi connectivity index (χ1n) is 9.65. The number of urea groups is 1. The Morgan fingerprint density at radius 3 is 2.62 bits per heavy atom. The molecule has 0 saturated carbocycles. The second-order valence-corrected chi connectivity index (χ2v) is 7.73. The van der Waals surface area contributed by atoms with Gasteiger partial charge >= 0.3 is 12.0 Å². The van der Waals surface area contributed by atoms with E-state index in [0.717, 1.165) is 25.9 Å². The van der Waals surface area contributed by atoms with Gasteiger partial charge in [-0.25, -0.2) is 9.59 Å². The van der Waals surface area contributed by atoms with Gasteiger partial charge in [-0.05, 0) is 11.6 Å². The van der Waals surface area contributed by atoms with Crippen LogP contribution in [0.25, 0.3) is 0 Å². The number of carbonyl (C=O) groups is 2. The van der Waals surface area contributed by atoms with E-state index >= 15 is 0 Å². The van der Waals surface area contributed by atoms with Crippen molar-refractivity contribution in [2.45, 2.75) is 24.7 Å². The summed E-state index contributed by atoms with van der Waals surface area (Å²) in [5.41, 5.74) is 1.52. The monoisotopic (exact) mass is 421 g/mol. The molecule has 1 atom stereocenters. The highest BCUT2D eigenvalue weighted by molar-refractivity contribution is 6.31. The quantitative estimate of drug-likeness (QED) is 0.722. The molecule has 29 heavy (non-hydrogen) atoms. The van der Waals surface area contributed by atoms with Crippen LogP contribution in [0.4, 0.5) is 4.79 Å². The van der Waals surface area contributed by atoms with Crippen LogP contribution in [-0.2, 0) is 19.0 Å². The Kier molecular flexibility index (Phi) is 5.78. The molecule has 3 aliphatic heterocycles. The Morgan fingerprint density at radius 1 is 1.28 bits per heavy atom. The molecule has 0 radical (unpaired) electrons. The maximum Gasteiger partial charge on any atom is 0.338 e. The number of methoxy groups -OCH3 is 1. The molecule has 156 valence electrons. The van der Waals surface area contributed by atoms with E-state index in [9.17, 15) is 9.59 Å². The van der Waals surface area contributed by atoms with E-state index in [1.165, 1.54) is 7.11 Å². The molecular weight excluding hydrogens is 398 g/mol. The van der Waals surface area contributed by atoms with Crippen molar-refractivity contribution in [1.82, 2.24) is 15.5 Å². The van der Waals surface area contributed by atoms with Gasteiger partial charge in [-0.3, -0.25) is 4.90 Å². The lowest BCUT2D eigenvalue weighted by Gasteiger charge is -2.39. The summed E-state index contributed by atoms with van der Waals surface area (Å²) in [6, 6.07) is 6.07. The number of hydrogen-bond donors (Lipinski definition) is 2. The second kappa shape index (κ2) is 8.31. The Bertz CT molecular complexity index is 827. The number of hydrogen-bond acceptors (Lipinski definition) is 6. The normalized spacial score (nSPS) is 24.3. The average Bonchev–Trinajstić information content (AvgIpc) is 3.17. The minimum absolute atomic E-state index is 0.355. The van der Waals surface area contributed by atoms with E-state index in [0.29, 0.717) is 41.6 Å². The third kappa shape index (κ3) is 4.11. The van der Waals surface area contributed by atoms with Gasteiger partial charge in [-0.15, -0.1) is 0 Å². The molecule has 3 heterocycles. The van der Waals surface area contributed by atoms with Crippen molar-refractivity contribution in [3.05, 3.63) is 46.1 Å². The first kappa shape index (κ1) is 20.2. The largest absolute Gasteiger partial charge is 0.466 e. The molecule has 8 nitrogen and oxygen atoms in total. The number of nitrogens with one attached hydrogen (secondary N) is 2. The molecule has 3 aliphatic rings. The predicted molar refractivity (Wildman–Crippen MR) is 105 cm³/mol. The molecule has 0 bridgehead atoms. The molecule has 4 rings (SSSR count). The molecule has 2 saturated heterocycles. The number of halogens is 1. The van der Waals surface area contributed by atoms with E-state index in [4.69, 9.17) is 25.8 Å². The van der Waals surface area contributed by atoms with Crippen LogP contribution in [-0.4, -0.2) is 62.6 Å². The van der Waals surface area contributed by atoms with Gasteiger partial charge in [-0.1, -0.05) is 29.8 Å². The maximum atomic E-state index is 12.7. The van der Waals surface area contributed by atoms with Gasteiger partial charge in [0.05, 0.1) is 31.9 Å². The average molecular weight is 422 g/mol. The highest BCUT2D eigenvalue weighted by Crippen LogP contribution is 2.34. The number of ether oxygens (including phenoxy) is 3. The molecule has 2 amide bonds. The SMILES string of the molecule is COC(=O)C1=C(CN2CCC3(CC2)OCCO3)NC(=O)N[C@H]1c1ccccc1Cl. The lowest BCUT2D eigenvalue weighted by atomic mass is 9.94. The van der Waals surface area contributed by atoms with Crippen LogP contribution in [0.5, 0.6) is 0 Å². The van der Waals surface area contributed by atoms with Gasteiger partial charge in [0.1, 0.15) is 0 Å². The fourth-order valence-corrected chi connectivity index (χ4v) is 4.34. The summed E-state index contributed by atoms with van der Waals surface area (Å²) in [5.74, 6) is -0.985. The zero-order valence-corrected chi connectivity index (χ0v) is 17.0. The Balaban J connectivity index is 1.60. The van der Waals surface area contributed by atoms with Crippen LogP contribution in [0.1, 0.15) is 24.4 Å². The summed E-state index contributed by atoms with van der Waals surface area (Å²) in [6.07, 6.45) is 1.49. The highest BCUT2D eigenvalue weighted by Gasteiger charge is 2.41. The molecule has 1 aromatic rings. The fraction of sp³-hybridized carbons (Fsp3) is 0.500. The number of benzene rings is 1. The zero-order chi connectivity index (χ0) is 20.4. The first-order chi connectivity index (χ1) is 14.0. The number of esters is 1. The Morgan fingerprint density at radius 2 is 1.97 bits per heavy atom. The minimum atomic E-state index is -0.683. The smallest absolute Gasteiger partial charge is 0.338 e. The lowest BCUT2D eigenvalue weighted by molar-refractivity contribution is -0.184. The fourth-order valence-electron chi connectivity index (χ4n) is 4.10. The van der Waals surface area contributed by atoms with Crippen LogP contribution >= 0.6 is 11.6 Å². The molecule has 9 heteroatoms. The lowest BCUT2D eigenvalue weighted by Crippen LogP contribution is -2.51. The number of piperidine rings is 1. The third-order valence-corrected chi connectivity index (χ3v) is 5.93. The van der Waals surface area contributed by atoms with Gasteiger partial charge in [0.25, 0.3) is 0 Å². The van der Waals surface area contributed by atoms with Crippen molar-refractivity contribution in [3.63, 3.8) is 0 Å². The molecule has 0 aromatic heterocycles. The number of likely N-dealkylation sites (tertiary alicyclic amines) is 1. The summed E-state index contributed by atoms with van der Waals surface area (Å²) < 4.78 is 16.6. The topological polar surface area (TPSA) is 89.1 Å². The minimum Gasteiger partial charge on any atom is -0.466 e. The molecule has 0 aliphatic carbocycles. The Labute approximate surface area is 174 Å². The summed E-state index contributed by atoms with van der Waals surface area (Å²) in [5, 5.41) is 6.05. The van der Waals surface area contributed by atoms with Crippen LogP contribution in [0.3, 0.4) is 0 Å². The van der Waals surface area contributed by atoms with Crippen molar-refractivity contribution < 1.29 is 23.8 Å². The van der Waals surface area contributed by atoms with Crippen LogP contribution in [0.2, 0.25) is 5.02 Å². The molecule has 1 aromatic carbocycles. The van der Waals surface area contributed by atoms with Crippen molar-refractivity contribution >= 4 is 23.6 Å². The Hall–Kier alpha value is -2.13. The maximum absolute atomic E-state index is 12.7. The predicted octanol–water partition coefficient (Wildman–Crippen LogP) is 1.96. The highest BCUT2D eigenvalue weighted by atomic mass is 35.5. The third-order valence-electron chi connectivity index (χ3n) is 5.59. The zero-order valence-electron chi connectivity index (χ0n) is 16.2.